The number of nitro groups is 1. The van der Waals surface area contributed by atoms with E-state index in [1.54, 1.807) is 18.3 Å². The molecule has 2 heterocycles. The predicted octanol–water partition coefficient (Wildman–Crippen LogP) is 2.15. The molecule has 0 aliphatic carbocycles. The zero-order valence-corrected chi connectivity index (χ0v) is 14.1. The van der Waals surface area contributed by atoms with Crippen LogP contribution in [-0.2, 0) is 11.3 Å². The molecule has 0 bridgehead atoms. The fourth-order valence-electron chi connectivity index (χ4n) is 2.59. The minimum absolute atomic E-state index is 0.149. The molecule has 1 aliphatic rings. The second-order valence-corrected chi connectivity index (χ2v) is 5.71. The molecule has 1 aromatic heterocycles. The van der Waals surface area contributed by atoms with E-state index in [9.17, 15) is 14.9 Å². The van der Waals surface area contributed by atoms with Gasteiger partial charge in [-0.1, -0.05) is 18.2 Å². The van der Waals surface area contributed by atoms with E-state index in [1.165, 1.54) is 12.1 Å². The molecule has 1 fully saturated rings. The Kier molecular flexibility index (Phi) is 5.59. The van der Waals surface area contributed by atoms with E-state index < -0.39 is 11.0 Å². The van der Waals surface area contributed by atoms with Gasteiger partial charge in [0.05, 0.1) is 18.1 Å². The number of morpholine rings is 1. The molecule has 26 heavy (non-hydrogen) atoms. The van der Waals surface area contributed by atoms with Gasteiger partial charge in [-0.05, 0) is 17.7 Å². The fraction of sp³-hybridized carbons (Fsp3) is 0.294. The number of carbonyl (C=O) groups is 1. The molecule has 0 saturated carbocycles. The Balaban J connectivity index is 1.54. The number of rotatable bonds is 5. The van der Waals surface area contributed by atoms with E-state index in [4.69, 9.17) is 4.74 Å². The highest BCUT2D eigenvalue weighted by molar-refractivity contribution is 5.91. The monoisotopic (exact) mass is 357 g/mol. The van der Waals surface area contributed by atoms with Gasteiger partial charge in [0.25, 0.3) is 5.69 Å². The molecular formula is C17H19N5O4. The third-order valence-corrected chi connectivity index (χ3v) is 3.95. The third-order valence-electron chi connectivity index (χ3n) is 3.95. The molecule has 1 aromatic carbocycles. The van der Waals surface area contributed by atoms with E-state index in [1.807, 2.05) is 12.1 Å². The maximum atomic E-state index is 12.0. The largest absolute Gasteiger partial charge is 0.378 e. The van der Waals surface area contributed by atoms with Crippen LogP contribution >= 0.6 is 0 Å². The number of para-hydroxylation sites is 2. The maximum Gasteiger partial charge on any atom is 0.319 e. The van der Waals surface area contributed by atoms with Crippen molar-refractivity contribution in [3.8, 4) is 0 Å². The summed E-state index contributed by atoms with van der Waals surface area (Å²) in [5, 5.41) is 16.1. The fourth-order valence-corrected chi connectivity index (χ4v) is 2.59. The van der Waals surface area contributed by atoms with Gasteiger partial charge in [-0.15, -0.1) is 0 Å². The van der Waals surface area contributed by atoms with Crippen molar-refractivity contribution >= 4 is 23.2 Å². The van der Waals surface area contributed by atoms with Crippen LogP contribution in [0.1, 0.15) is 5.56 Å². The Labute approximate surface area is 150 Å². The van der Waals surface area contributed by atoms with E-state index in [0.717, 1.165) is 24.5 Å². The normalized spacial score (nSPS) is 13.9. The summed E-state index contributed by atoms with van der Waals surface area (Å²) in [6.07, 6.45) is 1.70. The highest BCUT2D eigenvalue weighted by atomic mass is 16.6. The first-order valence-corrected chi connectivity index (χ1v) is 8.19. The Bertz CT molecular complexity index is 775. The number of aromatic nitrogens is 1. The summed E-state index contributed by atoms with van der Waals surface area (Å²) < 4.78 is 5.32. The lowest BCUT2D eigenvalue weighted by molar-refractivity contribution is -0.383. The van der Waals surface area contributed by atoms with Gasteiger partial charge < -0.3 is 20.3 Å². The van der Waals surface area contributed by atoms with E-state index in [-0.39, 0.29) is 17.9 Å². The Morgan fingerprint density at radius 1 is 1.23 bits per heavy atom. The summed E-state index contributed by atoms with van der Waals surface area (Å²) in [6.45, 7) is 3.27. The van der Waals surface area contributed by atoms with Crippen LogP contribution in [0.15, 0.2) is 42.6 Å². The van der Waals surface area contributed by atoms with Crippen molar-refractivity contribution in [1.82, 2.24) is 10.3 Å². The first kappa shape index (κ1) is 17.6. The van der Waals surface area contributed by atoms with E-state index in [0.29, 0.717) is 13.2 Å². The van der Waals surface area contributed by atoms with Crippen LogP contribution in [0.3, 0.4) is 0 Å². The molecule has 2 aromatic rings. The number of anilines is 2. The third kappa shape index (κ3) is 4.45. The molecule has 0 radical (unpaired) electrons. The minimum atomic E-state index is -0.538. The zero-order valence-electron chi connectivity index (χ0n) is 14.1. The molecule has 2 amide bonds. The summed E-state index contributed by atoms with van der Waals surface area (Å²) >= 11 is 0. The molecule has 3 rings (SSSR count). The molecule has 9 heteroatoms. The number of hydrogen-bond donors (Lipinski definition) is 2. The molecule has 136 valence electrons. The summed E-state index contributed by atoms with van der Waals surface area (Å²) in [6, 6.07) is 9.27. The molecule has 0 spiro atoms. The standard InChI is InChI=1S/C17H19N5O4/c23-17(20-14-3-1-2-4-15(14)22(24)25)19-12-13-5-6-16(18-11-13)21-7-9-26-10-8-21/h1-6,11H,7-10,12H2,(H2,19,20,23). The first-order valence-electron chi connectivity index (χ1n) is 8.19. The topological polar surface area (TPSA) is 110 Å². The Morgan fingerprint density at radius 3 is 2.69 bits per heavy atom. The van der Waals surface area contributed by atoms with Crippen LogP contribution in [0, 0.1) is 10.1 Å². The molecule has 2 N–H and O–H groups in total. The van der Waals surface area contributed by atoms with Crippen LogP contribution in [-0.4, -0.2) is 42.2 Å². The number of hydrogen-bond acceptors (Lipinski definition) is 6. The number of nitrogens with one attached hydrogen (secondary N) is 2. The molecule has 0 atom stereocenters. The molecule has 1 aliphatic heterocycles. The van der Waals surface area contributed by atoms with E-state index in [2.05, 4.69) is 20.5 Å². The predicted molar refractivity (Wildman–Crippen MR) is 96.2 cm³/mol. The zero-order chi connectivity index (χ0) is 18.4. The average Bonchev–Trinajstić information content (AvgIpc) is 2.68. The molecule has 0 unspecified atom stereocenters. The van der Waals surface area contributed by atoms with Gasteiger partial charge in [-0.3, -0.25) is 10.1 Å². The number of benzene rings is 1. The number of nitro benzene ring substituents is 1. The number of nitrogens with zero attached hydrogens (tertiary/aromatic N) is 3. The Hall–Kier alpha value is -3.20. The average molecular weight is 357 g/mol. The summed E-state index contributed by atoms with van der Waals surface area (Å²) in [5.74, 6) is 0.876. The van der Waals surface area contributed by atoms with Crippen molar-refractivity contribution in [2.75, 3.05) is 36.5 Å². The van der Waals surface area contributed by atoms with Crippen LogP contribution in [0.25, 0.3) is 0 Å². The summed E-state index contributed by atoms with van der Waals surface area (Å²) in [4.78, 5) is 29.0. The lowest BCUT2D eigenvalue weighted by Crippen LogP contribution is -2.36. The van der Waals surface area contributed by atoms with Gasteiger partial charge in [0, 0.05) is 31.9 Å². The SMILES string of the molecule is O=C(NCc1ccc(N2CCOCC2)nc1)Nc1ccccc1[N+](=O)[O-]. The summed E-state index contributed by atoms with van der Waals surface area (Å²) in [5.41, 5.74) is 0.828. The van der Waals surface area contributed by atoms with Gasteiger partial charge in [0.15, 0.2) is 0 Å². The van der Waals surface area contributed by atoms with Gasteiger partial charge in [-0.2, -0.15) is 0 Å². The smallest absolute Gasteiger partial charge is 0.319 e. The molecule has 1 saturated heterocycles. The lowest BCUT2D eigenvalue weighted by Gasteiger charge is -2.27. The van der Waals surface area contributed by atoms with Gasteiger partial charge in [-0.25, -0.2) is 9.78 Å². The number of amides is 2. The van der Waals surface area contributed by atoms with Crippen LogP contribution in [0.4, 0.5) is 22.0 Å². The second kappa shape index (κ2) is 8.26. The van der Waals surface area contributed by atoms with Crippen molar-refractivity contribution in [3.63, 3.8) is 0 Å². The lowest BCUT2D eigenvalue weighted by atomic mass is 10.2. The van der Waals surface area contributed by atoms with Gasteiger partial charge in [0.1, 0.15) is 11.5 Å². The first-order chi connectivity index (χ1) is 12.6. The highest BCUT2D eigenvalue weighted by Crippen LogP contribution is 2.22. The van der Waals surface area contributed by atoms with Crippen molar-refractivity contribution in [3.05, 3.63) is 58.3 Å². The molecule has 9 nitrogen and oxygen atoms in total. The quantitative estimate of drug-likeness (QED) is 0.627. The van der Waals surface area contributed by atoms with Crippen LogP contribution in [0.2, 0.25) is 0 Å². The van der Waals surface area contributed by atoms with Crippen molar-refractivity contribution in [1.29, 1.82) is 0 Å². The van der Waals surface area contributed by atoms with E-state index >= 15 is 0 Å². The van der Waals surface area contributed by atoms with Crippen molar-refractivity contribution < 1.29 is 14.5 Å². The molecular weight excluding hydrogens is 338 g/mol. The number of pyridine rings is 1. The summed E-state index contributed by atoms with van der Waals surface area (Å²) in [7, 11) is 0. The van der Waals surface area contributed by atoms with Crippen molar-refractivity contribution in [2.24, 2.45) is 0 Å². The number of carbonyl (C=O) groups excluding carboxylic acids is 1. The van der Waals surface area contributed by atoms with Gasteiger partial charge >= 0.3 is 6.03 Å². The van der Waals surface area contributed by atoms with Crippen LogP contribution in [0.5, 0.6) is 0 Å². The van der Waals surface area contributed by atoms with Crippen molar-refractivity contribution in [2.45, 2.75) is 6.54 Å². The highest BCUT2D eigenvalue weighted by Gasteiger charge is 2.15. The second-order valence-electron chi connectivity index (χ2n) is 5.71. The number of urea groups is 1. The maximum absolute atomic E-state index is 12.0. The van der Waals surface area contributed by atoms with Gasteiger partial charge in [0.2, 0.25) is 0 Å². The van der Waals surface area contributed by atoms with Crippen LogP contribution < -0.4 is 15.5 Å². The minimum Gasteiger partial charge on any atom is -0.378 e. The Morgan fingerprint density at radius 2 is 2.00 bits per heavy atom. The number of ether oxygens (including phenoxy) is 1.